The van der Waals surface area contributed by atoms with Gasteiger partial charge in [0.05, 0.1) is 0 Å². The third-order valence-electron chi connectivity index (χ3n) is 1.97. The summed E-state index contributed by atoms with van der Waals surface area (Å²) in [6, 6.07) is 4.63. The molecule has 0 radical (unpaired) electrons. The molecule has 2 aromatic heterocycles. The lowest BCUT2D eigenvalue weighted by Gasteiger charge is -2.01. The van der Waals surface area contributed by atoms with Gasteiger partial charge >= 0.3 is 6.01 Å². The zero-order valence-corrected chi connectivity index (χ0v) is 9.34. The first-order valence-corrected chi connectivity index (χ1v) is 5.22. The van der Waals surface area contributed by atoms with Crippen molar-refractivity contribution in [3.05, 3.63) is 35.9 Å². The van der Waals surface area contributed by atoms with Crippen LogP contribution in [0, 0.1) is 0 Å². The van der Waals surface area contributed by atoms with Gasteiger partial charge in [-0.25, -0.2) is 0 Å². The van der Waals surface area contributed by atoms with E-state index in [1.807, 2.05) is 26.0 Å². The number of pyridine rings is 1. The molecule has 0 aromatic carbocycles. The van der Waals surface area contributed by atoms with Crippen LogP contribution in [-0.2, 0) is 6.42 Å². The molecule has 0 unspecified atom stereocenters. The Kier molecular flexibility index (Phi) is 3.14. The van der Waals surface area contributed by atoms with Crippen LogP contribution >= 0.6 is 0 Å². The van der Waals surface area contributed by atoms with E-state index in [4.69, 9.17) is 4.52 Å². The lowest BCUT2D eigenvalue weighted by Crippen LogP contribution is -2.09. The standard InChI is InChI=1S/C11H14N4O/c1-8(2)13-11-14-10(15-16-11)6-9-4-3-5-12-7-9/h3-5,7-8H,6H2,1-2H3,(H,13,14,15). The molecule has 2 heterocycles. The molecule has 0 atom stereocenters. The van der Waals surface area contributed by atoms with Gasteiger partial charge in [-0.05, 0) is 25.5 Å². The Morgan fingerprint density at radius 2 is 2.31 bits per heavy atom. The van der Waals surface area contributed by atoms with Crippen LogP contribution in [0.4, 0.5) is 6.01 Å². The fraction of sp³-hybridized carbons (Fsp3) is 0.364. The van der Waals surface area contributed by atoms with Crippen LogP contribution < -0.4 is 5.32 Å². The van der Waals surface area contributed by atoms with Crippen molar-refractivity contribution >= 4 is 6.01 Å². The monoisotopic (exact) mass is 218 g/mol. The summed E-state index contributed by atoms with van der Waals surface area (Å²) in [7, 11) is 0. The molecule has 0 aliphatic heterocycles. The van der Waals surface area contributed by atoms with Crippen molar-refractivity contribution in [1.82, 2.24) is 15.1 Å². The average molecular weight is 218 g/mol. The zero-order chi connectivity index (χ0) is 11.4. The van der Waals surface area contributed by atoms with Crippen LogP contribution in [0.3, 0.4) is 0 Å². The molecular formula is C11H14N4O. The van der Waals surface area contributed by atoms with Gasteiger partial charge in [-0.3, -0.25) is 4.98 Å². The highest BCUT2D eigenvalue weighted by molar-refractivity contribution is 5.22. The van der Waals surface area contributed by atoms with Gasteiger partial charge in [0.15, 0.2) is 5.82 Å². The number of nitrogens with zero attached hydrogens (tertiary/aromatic N) is 3. The Morgan fingerprint density at radius 1 is 1.44 bits per heavy atom. The lowest BCUT2D eigenvalue weighted by atomic mass is 10.2. The molecular weight excluding hydrogens is 204 g/mol. The van der Waals surface area contributed by atoms with Gasteiger partial charge in [0.1, 0.15) is 0 Å². The number of aromatic nitrogens is 3. The van der Waals surface area contributed by atoms with Crippen molar-refractivity contribution in [1.29, 1.82) is 0 Å². The number of rotatable bonds is 4. The van der Waals surface area contributed by atoms with Gasteiger partial charge in [-0.1, -0.05) is 11.2 Å². The quantitative estimate of drug-likeness (QED) is 0.848. The van der Waals surface area contributed by atoms with Crippen LogP contribution in [0.1, 0.15) is 25.2 Å². The number of hydrogen-bond donors (Lipinski definition) is 1. The minimum atomic E-state index is 0.284. The molecule has 0 fully saturated rings. The van der Waals surface area contributed by atoms with Crippen molar-refractivity contribution < 1.29 is 4.52 Å². The maximum Gasteiger partial charge on any atom is 0.321 e. The summed E-state index contributed by atoms with van der Waals surface area (Å²) in [5.74, 6) is 0.663. The van der Waals surface area contributed by atoms with E-state index >= 15 is 0 Å². The van der Waals surface area contributed by atoms with Crippen LogP contribution in [0.25, 0.3) is 0 Å². The fourth-order valence-corrected chi connectivity index (χ4v) is 1.32. The van der Waals surface area contributed by atoms with Crippen molar-refractivity contribution in [2.75, 3.05) is 5.32 Å². The van der Waals surface area contributed by atoms with E-state index in [1.54, 1.807) is 12.4 Å². The molecule has 0 amide bonds. The summed E-state index contributed by atoms with van der Waals surface area (Å²) in [5.41, 5.74) is 1.07. The molecule has 2 rings (SSSR count). The summed E-state index contributed by atoms with van der Waals surface area (Å²) in [6.45, 7) is 4.04. The summed E-state index contributed by atoms with van der Waals surface area (Å²) in [5, 5.41) is 6.94. The highest BCUT2D eigenvalue weighted by Gasteiger charge is 2.07. The predicted octanol–water partition coefficient (Wildman–Crippen LogP) is 1.88. The van der Waals surface area contributed by atoms with Crippen molar-refractivity contribution in [3.8, 4) is 0 Å². The van der Waals surface area contributed by atoms with E-state index in [-0.39, 0.29) is 6.04 Å². The van der Waals surface area contributed by atoms with Crippen molar-refractivity contribution in [2.45, 2.75) is 26.3 Å². The number of hydrogen-bond acceptors (Lipinski definition) is 5. The van der Waals surface area contributed by atoms with Crippen LogP contribution in [0.15, 0.2) is 29.0 Å². The summed E-state index contributed by atoms with van der Waals surface area (Å²) >= 11 is 0. The van der Waals surface area contributed by atoms with Crippen LogP contribution in [-0.4, -0.2) is 21.2 Å². The second-order valence-electron chi connectivity index (χ2n) is 3.85. The van der Waals surface area contributed by atoms with Gasteiger partial charge in [0, 0.05) is 24.9 Å². The first-order valence-electron chi connectivity index (χ1n) is 5.22. The molecule has 0 aliphatic carbocycles. The Labute approximate surface area is 93.9 Å². The Bertz CT molecular complexity index is 438. The Balaban J connectivity index is 2.03. The smallest absolute Gasteiger partial charge is 0.321 e. The third-order valence-corrected chi connectivity index (χ3v) is 1.97. The average Bonchev–Trinajstić information content (AvgIpc) is 2.66. The molecule has 16 heavy (non-hydrogen) atoms. The predicted molar refractivity (Wildman–Crippen MR) is 60.1 cm³/mol. The van der Waals surface area contributed by atoms with Crippen LogP contribution in [0.2, 0.25) is 0 Å². The lowest BCUT2D eigenvalue weighted by molar-refractivity contribution is 0.421. The highest BCUT2D eigenvalue weighted by atomic mass is 16.5. The molecule has 84 valence electrons. The van der Waals surface area contributed by atoms with Gasteiger partial charge < -0.3 is 9.84 Å². The fourth-order valence-electron chi connectivity index (χ4n) is 1.32. The largest absolute Gasteiger partial charge is 0.336 e. The van der Waals surface area contributed by atoms with E-state index in [9.17, 15) is 0 Å². The minimum Gasteiger partial charge on any atom is -0.336 e. The van der Waals surface area contributed by atoms with Gasteiger partial charge in [0.2, 0.25) is 0 Å². The highest BCUT2D eigenvalue weighted by Crippen LogP contribution is 2.09. The Morgan fingerprint density at radius 3 is 3.00 bits per heavy atom. The summed E-state index contributed by atoms with van der Waals surface area (Å²) < 4.78 is 5.06. The van der Waals surface area contributed by atoms with E-state index < -0.39 is 0 Å². The second kappa shape index (κ2) is 4.74. The molecule has 5 nitrogen and oxygen atoms in total. The molecule has 2 aromatic rings. The van der Waals surface area contributed by atoms with E-state index in [2.05, 4.69) is 20.4 Å². The second-order valence-corrected chi connectivity index (χ2v) is 3.85. The van der Waals surface area contributed by atoms with Crippen molar-refractivity contribution in [3.63, 3.8) is 0 Å². The molecule has 1 N–H and O–H groups in total. The molecule has 0 saturated heterocycles. The van der Waals surface area contributed by atoms with Crippen LogP contribution in [0.5, 0.6) is 0 Å². The maximum atomic E-state index is 5.06. The van der Waals surface area contributed by atoms with E-state index in [0.717, 1.165) is 5.56 Å². The summed E-state index contributed by atoms with van der Waals surface area (Å²) in [6.07, 6.45) is 4.18. The maximum absolute atomic E-state index is 5.06. The number of anilines is 1. The van der Waals surface area contributed by atoms with Gasteiger partial charge in [-0.2, -0.15) is 4.98 Å². The normalized spacial score (nSPS) is 10.7. The zero-order valence-electron chi connectivity index (χ0n) is 9.34. The first-order chi connectivity index (χ1) is 7.74. The third kappa shape index (κ3) is 2.79. The summed E-state index contributed by atoms with van der Waals surface area (Å²) in [4.78, 5) is 8.26. The van der Waals surface area contributed by atoms with E-state index in [1.165, 1.54) is 0 Å². The van der Waals surface area contributed by atoms with E-state index in [0.29, 0.717) is 18.3 Å². The topological polar surface area (TPSA) is 63.8 Å². The molecule has 0 spiro atoms. The molecule has 0 bridgehead atoms. The Hall–Kier alpha value is -1.91. The number of nitrogens with one attached hydrogen (secondary N) is 1. The van der Waals surface area contributed by atoms with Gasteiger partial charge in [0.25, 0.3) is 0 Å². The molecule has 0 saturated carbocycles. The minimum absolute atomic E-state index is 0.284. The molecule has 0 aliphatic rings. The van der Waals surface area contributed by atoms with Crippen molar-refractivity contribution in [2.24, 2.45) is 0 Å². The SMILES string of the molecule is CC(C)Nc1nc(Cc2cccnc2)no1. The van der Waals surface area contributed by atoms with Gasteiger partial charge in [-0.15, -0.1) is 0 Å². The molecule has 5 heteroatoms. The first kappa shape index (κ1) is 10.6.